The van der Waals surface area contributed by atoms with Gasteiger partial charge in [-0.2, -0.15) is 0 Å². The van der Waals surface area contributed by atoms with Crippen LogP contribution in [0.1, 0.15) is 24.0 Å². The van der Waals surface area contributed by atoms with Gasteiger partial charge in [-0.25, -0.2) is 13.6 Å². The molecular formula is C21H17F2N3O3. The van der Waals surface area contributed by atoms with Crippen molar-refractivity contribution in [3.05, 3.63) is 65.2 Å². The molecule has 1 atom stereocenters. The van der Waals surface area contributed by atoms with Gasteiger partial charge >= 0.3 is 6.03 Å². The fourth-order valence-corrected chi connectivity index (χ4v) is 4.06. The molecule has 1 saturated heterocycles. The van der Waals surface area contributed by atoms with Gasteiger partial charge < -0.3 is 10.2 Å². The lowest BCUT2D eigenvalue weighted by atomic mass is 9.91. The lowest BCUT2D eigenvalue weighted by Gasteiger charge is -2.22. The van der Waals surface area contributed by atoms with E-state index in [4.69, 9.17) is 0 Å². The maximum atomic E-state index is 13.6. The minimum absolute atomic E-state index is 0.0550. The van der Waals surface area contributed by atoms with E-state index in [-0.39, 0.29) is 12.5 Å². The molecule has 1 aliphatic carbocycles. The Balaban J connectivity index is 1.55. The number of rotatable bonds is 4. The third-order valence-corrected chi connectivity index (χ3v) is 5.73. The fourth-order valence-electron chi connectivity index (χ4n) is 4.06. The van der Waals surface area contributed by atoms with Crippen molar-refractivity contribution in [2.75, 3.05) is 11.4 Å². The van der Waals surface area contributed by atoms with E-state index in [0.717, 1.165) is 29.9 Å². The molecule has 2 heterocycles. The second-order valence-corrected chi connectivity index (χ2v) is 7.70. The number of nitrogens with zero attached hydrogens (tertiary/aromatic N) is 2. The Morgan fingerprint density at radius 1 is 0.966 bits per heavy atom. The summed E-state index contributed by atoms with van der Waals surface area (Å²) in [7, 11) is 0. The maximum Gasteiger partial charge on any atom is 0.325 e. The Bertz CT molecular complexity index is 1070. The van der Waals surface area contributed by atoms with Gasteiger partial charge in [-0.05, 0) is 42.5 Å². The number of imide groups is 1. The van der Waals surface area contributed by atoms with Crippen LogP contribution in [0.2, 0.25) is 0 Å². The molecule has 2 aromatic carbocycles. The summed E-state index contributed by atoms with van der Waals surface area (Å²) >= 11 is 0. The van der Waals surface area contributed by atoms with Gasteiger partial charge in [0.25, 0.3) is 11.8 Å². The average Bonchev–Trinajstić information content (AvgIpc) is 3.46. The molecule has 8 heteroatoms. The number of carbonyl (C=O) groups is 3. The minimum atomic E-state index is -1.80. The van der Waals surface area contributed by atoms with Gasteiger partial charge in [0.2, 0.25) is 5.54 Å². The second-order valence-electron chi connectivity index (χ2n) is 7.70. The quantitative estimate of drug-likeness (QED) is 0.637. The first-order valence-corrected chi connectivity index (χ1v) is 9.41. The normalized spacial score (nSPS) is 23.2. The van der Waals surface area contributed by atoms with Crippen LogP contribution in [0.15, 0.2) is 42.5 Å². The van der Waals surface area contributed by atoms with Crippen LogP contribution in [0.3, 0.4) is 0 Å². The van der Waals surface area contributed by atoms with Crippen LogP contribution < -0.4 is 10.2 Å². The van der Waals surface area contributed by atoms with Gasteiger partial charge in [-0.3, -0.25) is 14.5 Å². The first kappa shape index (κ1) is 17.8. The molecule has 1 N–H and O–H groups in total. The SMILES string of the molecule is O=C1NC2(C(=O)N1CC1CC1)C(=O)N(Cc1ccc(F)c(F)c1)c1ccccc12. The van der Waals surface area contributed by atoms with Gasteiger partial charge in [0, 0.05) is 12.1 Å². The molecule has 2 aliphatic heterocycles. The first-order chi connectivity index (χ1) is 13.9. The van der Waals surface area contributed by atoms with Crippen LogP contribution in [0.4, 0.5) is 19.3 Å². The van der Waals surface area contributed by atoms with Crippen molar-refractivity contribution in [3.63, 3.8) is 0 Å². The zero-order valence-corrected chi connectivity index (χ0v) is 15.3. The summed E-state index contributed by atoms with van der Waals surface area (Å²) in [4.78, 5) is 41.7. The van der Waals surface area contributed by atoms with Crippen LogP contribution >= 0.6 is 0 Å². The summed E-state index contributed by atoms with van der Waals surface area (Å²) in [6.07, 6.45) is 1.91. The second kappa shape index (κ2) is 6.10. The Labute approximate surface area is 165 Å². The lowest BCUT2D eigenvalue weighted by molar-refractivity contribution is -0.138. The lowest BCUT2D eigenvalue weighted by Crippen LogP contribution is -2.52. The number of fused-ring (bicyclic) bond motifs is 2. The Kier molecular flexibility index (Phi) is 3.74. The molecule has 1 unspecified atom stereocenters. The standard InChI is InChI=1S/C21H17F2N3O3/c22-15-8-7-13(9-16(15)23)11-25-17-4-2-1-3-14(17)21(18(25)27)19(28)26(20(29)24-21)10-12-5-6-12/h1-4,7-9,12H,5-6,10-11H2,(H,24,29). The predicted molar refractivity (Wildman–Crippen MR) is 98.6 cm³/mol. The summed E-state index contributed by atoms with van der Waals surface area (Å²) in [5.74, 6) is -2.89. The van der Waals surface area contributed by atoms with Crippen molar-refractivity contribution < 1.29 is 23.2 Å². The molecule has 2 aromatic rings. The molecule has 1 spiro atoms. The zero-order valence-electron chi connectivity index (χ0n) is 15.3. The number of halogens is 2. The van der Waals surface area contributed by atoms with E-state index in [2.05, 4.69) is 5.32 Å². The topological polar surface area (TPSA) is 69.7 Å². The summed E-state index contributed by atoms with van der Waals surface area (Å²) in [6, 6.07) is 9.53. The molecule has 29 heavy (non-hydrogen) atoms. The van der Waals surface area contributed by atoms with Gasteiger partial charge in [0.15, 0.2) is 11.6 Å². The van der Waals surface area contributed by atoms with E-state index in [1.165, 1.54) is 11.0 Å². The molecule has 148 valence electrons. The third-order valence-electron chi connectivity index (χ3n) is 5.73. The molecule has 3 aliphatic rings. The molecule has 1 saturated carbocycles. The molecule has 4 amide bonds. The van der Waals surface area contributed by atoms with E-state index >= 15 is 0 Å². The van der Waals surface area contributed by atoms with Crippen LogP contribution in [0.5, 0.6) is 0 Å². The monoisotopic (exact) mass is 397 g/mol. The van der Waals surface area contributed by atoms with E-state index in [0.29, 0.717) is 23.4 Å². The van der Waals surface area contributed by atoms with Crippen molar-refractivity contribution in [2.24, 2.45) is 5.92 Å². The summed E-state index contributed by atoms with van der Waals surface area (Å²) < 4.78 is 26.9. The number of para-hydroxylation sites is 1. The van der Waals surface area contributed by atoms with Gasteiger partial charge in [0.05, 0.1) is 12.2 Å². The highest BCUT2D eigenvalue weighted by molar-refractivity contribution is 6.27. The van der Waals surface area contributed by atoms with Crippen LogP contribution in [-0.2, 0) is 21.7 Å². The molecular weight excluding hydrogens is 380 g/mol. The molecule has 5 rings (SSSR count). The van der Waals surface area contributed by atoms with E-state index in [1.54, 1.807) is 24.3 Å². The number of anilines is 1. The minimum Gasteiger partial charge on any atom is -0.311 e. The van der Waals surface area contributed by atoms with Crippen molar-refractivity contribution in [2.45, 2.75) is 24.9 Å². The van der Waals surface area contributed by atoms with E-state index in [1.807, 2.05) is 0 Å². The fraction of sp³-hybridized carbons (Fsp3) is 0.286. The zero-order chi connectivity index (χ0) is 20.3. The number of hydrogen-bond acceptors (Lipinski definition) is 3. The molecule has 0 radical (unpaired) electrons. The average molecular weight is 397 g/mol. The third kappa shape index (κ3) is 2.55. The largest absolute Gasteiger partial charge is 0.325 e. The van der Waals surface area contributed by atoms with Crippen molar-refractivity contribution in [1.29, 1.82) is 0 Å². The Morgan fingerprint density at radius 3 is 2.41 bits per heavy atom. The van der Waals surface area contributed by atoms with Crippen molar-refractivity contribution in [3.8, 4) is 0 Å². The van der Waals surface area contributed by atoms with Gasteiger partial charge in [-0.1, -0.05) is 24.3 Å². The van der Waals surface area contributed by atoms with Crippen LogP contribution in [-0.4, -0.2) is 29.3 Å². The maximum absolute atomic E-state index is 13.6. The molecule has 0 bridgehead atoms. The van der Waals surface area contributed by atoms with Gasteiger partial charge in [-0.15, -0.1) is 0 Å². The summed E-state index contributed by atoms with van der Waals surface area (Å²) in [5, 5.41) is 2.62. The molecule has 2 fully saturated rings. The number of nitrogens with one attached hydrogen (secondary N) is 1. The Morgan fingerprint density at radius 2 is 1.69 bits per heavy atom. The van der Waals surface area contributed by atoms with E-state index < -0.39 is 35.0 Å². The first-order valence-electron chi connectivity index (χ1n) is 9.41. The summed E-state index contributed by atoms with van der Waals surface area (Å²) in [6.45, 7) is 0.242. The highest BCUT2D eigenvalue weighted by atomic mass is 19.2. The predicted octanol–water partition coefficient (Wildman–Crippen LogP) is 2.67. The van der Waals surface area contributed by atoms with Crippen molar-refractivity contribution in [1.82, 2.24) is 10.2 Å². The highest BCUT2D eigenvalue weighted by Crippen LogP contribution is 2.45. The highest BCUT2D eigenvalue weighted by Gasteiger charge is 2.64. The smallest absolute Gasteiger partial charge is 0.311 e. The molecule has 0 aromatic heterocycles. The van der Waals surface area contributed by atoms with Gasteiger partial charge in [0.1, 0.15) is 0 Å². The number of benzene rings is 2. The number of hydrogen-bond donors (Lipinski definition) is 1. The molecule has 6 nitrogen and oxygen atoms in total. The summed E-state index contributed by atoms with van der Waals surface area (Å²) in [5.41, 5.74) is -0.578. The number of amides is 4. The number of carbonyl (C=O) groups excluding carboxylic acids is 3. The Hall–Kier alpha value is -3.29. The van der Waals surface area contributed by atoms with Crippen LogP contribution in [0, 0.1) is 17.6 Å². The number of urea groups is 1. The van der Waals surface area contributed by atoms with E-state index in [9.17, 15) is 23.2 Å². The van der Waals surface area contributed by atoms with Crippen molar-refractivity contribution >= 4 is 23.5 Å². The van der Waals surface area contributed by atoms with Crippen LogP contribution in [0.25, 0.3) is 0 Å².